The van der Waals surface area contributed by atoms with Crippen molar-refractivity contribution in [3.63, 3.8) is 0 Å². The van der Waals surface area contributed by atoms with Crippen LogP contribution in [0, 0.1) is 11.7 Å². The number of carboxylic acids is 3. The lowest BCUT2D eigenvalue weighted by Gasteiger charge is -2.29. The van der Waals surface area contributed by atoms with Gasteiger partial charge in [-0.3, -0.25) is 14.4 Å². The Hall–Kier alpha value is -4.38. The normalized spacial score (nSPS) is 13.8. The first-order valence-electron chi connectivity index (χ1n) is 16.6. The standard InChI is InChI=1S/C37H48FNO9/c1-2-3-4-7-10-16-30(40)17-11-8-5-6-9-12-18-31(37(48,36(46)47)25-33(41)42)34(43)39-32(35(44)45)23-26-19-21-27(22-20-26)28-14-13-15-29(38)24-28/h12-15,18-22,24,31-32,48H,2-11,16-17,23,25H2,1H3,(H,39,43)(H,41,42)(H,44,45)(H,46,47)/b18-12+/t31-,32-,37-/m0/s1. The largest absolute Gasteiger partial charge is 0.481 e. The van der Waals surface area contributed by atoms with Crippen LogP contribution in [0.15, 0.2) is 60.7 Å². The highest BCUT2D eigenvalue weighted by Gasteiger charge is 2.49. The van der Waals surface area contributed by atoms with Gasteiger partial charge in [-0.15, -0.1) is 0 Å². The van der Waals surface area contributed by atoms with Gasteiger partial charge in [-0.25, -0.2) is 14.0 Å². The van der Waals surface area contributed by atoms with Crippen molar-refractivity contribution in [2.75, 3.05) is 0 Å². The van der Waals surface area contributed by atoms with Gasteiger partial charge in [-0.1, -0.05) is 94.0 Å². The average molecular weight is 670 g/mol. The molecule has 10 nitrogen and oxygen atoms in total. The summed E-state index contributed by atoms with van der Waals surface area (Å²) in [5.74, 6) is -8.24. The van der Waals surface area contributed by atoms with Gasteiger partial charge in [-0.2, -0.15) is 0 Å². The lowest BCUT2D eigenvalue weighted by atomic mass is 9.82. The Bertz CT molecular complexity index is 1390. The van der Waals surface area contributed by atoms with Crippen LogP contribution in [0.3, 0.4) is 0 Å². The minimum absolute atomic E-state index is 0.202. The van der Waals surface area contributed by atoms with Crippen LogP contribution in [0.5, 0.6) is 0 Å². The molecule has 48 heavy (non-hydrogen) atoms. The molecule has 0 heterocycles. The maximum atomic E-state index is 13.6. The molecule has 1 amide bonds. The molecule has 0 saturated carbocycles. The molecule has 0 aliphatic rings. The molecule has 2 rings (SSSR count). The van der Waals surface area contributed by atoms with Gasteiger partial charge in [0.1, 0.15) is 17.6 Å². The first-order valence-corrected chi connectivity index (χ1v) is 16.6. The second-order valence-corrected chi connectivity index (χ2v) is 12.2. The van der Waals surface area contributed by atoms with E-state index in [1.165, 1.54) is 24.6 Å². The minimum atomic E-state index is -3.04. The van der Waals surface area contributed by atoms with E-state index in [-0.39, 0.29) is 12.2 Å². The lowest BCUT2D eigenvalue weighted by Crippen LogP contribution is -2.55. The third-order valence-electron chi connectivity index (χ3n) is 8.22. The van der Waals surface area contributed by atoms with E-state index in [1.54, 1.807) is 36.4 Å². The zero-order valence-electron chi connectivity index (χ0n) is 27.5. The van der Waals surface area contributed by atoms with E-state index in [0.29, 0.717) is 42.4 Å². The van der Waals surface area contributed by atoms with Crippen molar-refractivity contribution in [3.8, 4) is 11.1 Å². The summed E-state index contributed by atoms with van der Waals surface area (Å²) < 4.78 is 13.6. The molecule has 262 valence electrons. The second kappa shape index (κ2) is 20.8. The number of nitrogens with one attached hydrogen (secondary N) is 1. The second-order valence-electron chi connectivity index (χ2n) is 12.2. The summed E-state index contributed by atoms with van der Waals surface area (Å²) in [6.07, 6.45) is 11.0. The molecule has 0 bridgehead atoms. The van der Waals surface area contributed by atoms with E-state index < -0.39 is 53.6 Å². The lowest BCUT2D eigenvalue weighted by molar-refractivity contribution is -0.172. The van der Waals surface area contributed by atoms with Crippen molar-refractivity contribution in [3.05, 3.63) is 72.1 Å². The number of hydrogen-bond donors (Lipinski definition) is 5. The zero-order chi connectivity index (χ0) is 35.5. The first-order chi connectivity index (χ1) is 22.9. The highest BCUT2D eigenvalue weighted by Crippen LogP contribution is 2.26. The summed E-state index contributed by atoms with van der Waals surface area (Å²) in [5, 5.41) is 42.1. The number of amides is 1. The van der Waals surface area contributed by atoms with Crippen LogP contribution in [0.4, 0.5) is 4.39 Å². The number of hydrogen-bond acceptors (Lipinski definition) is 6. The highest BCUT2D eigenvalue weighted by molar-refractivity contribution is 5.94. The molecule has 0 unspecified atom stereocenters. The maximum absolute atomic E-state index is 13.6. The van der Waals surface area contributed by atoms with Crippen molar-refractivity contribution < 1.29 is 48.8 Å². The Kier molecular flexibility index (Phi) is 17.2. The third-order valence-corrected chi connectivity index (χ3v) is 8.22. The van der Waals surface area contributed by atoms with Gasteiger partial charge >= 0.3 is 17.9 Å². The summed E-state index contributed by atoms with van der Waals surface area (Å²) in [6.45, 7) is 2.14. The fraction of sp³-hybridized carbons (Fsp3) is 0.486. The summed E-state index contributed by atoms with van der Waals surface area (Å²) in [7, 11) is 0. The third kappa shape index (κ3) is 13.8. The van der Waals surface area contributed by atoms with Crippen LogP contribution < -0.4 is 5.32 Å². The Morgan fingerprint density at radius 2 is 1.46 bits per heavy atom. The van der Waals surface area contributed by atoms with Gasteiger partial charge in [0.2, 0.25) is 5.91 Å². The van der Waals surface area contributed by atoms with Gasteiger partial charge in [0.15, 0.2) is 5.60 Å². The molecular formula is C37H48FNO9. The number of rotatable bonds is 24. The van der Waals surface area contributed by atoms with E-state index in [0.717, 1.165) is 51.0 Å². The minimum Gasteiger partial charge on any atom is -0.481 e. The topological polar surface area (TPSA) is 178 Å². The van der Waals surface area contributed by atoms with Gasteiger partial charge < -0.3 is 25.7 Å². The average Bonchev–Trinajstić information content (AvgIpc) is 3.03. The number of aliphatic carboxylic acids is 3. The maximum Gasteiger partial charge on any atom is 0.337 e. The number of carbonyl (C=O) groups excluding carboxylic acids is 2. The number of benzene rings is 2. The number of allylic oxidation sites excluding steroid dienone is 1. The van der Waals surface area contributed by atoms with E-state index in [2.05, 4.69) is 12.2 Å². The number of Topliss-reactive ketones (excluding diaryl/α,β-unsaturated/α-hetero) is 1. The number of ketones is 1. The molecule has 0 aliphatic carbocycles. The Morgan fingerprint density at radius 3 is 2.02 bits per heavy atom. The van der Waals surface area contributed by atoms with Crippen molar-refractivity contribution in [2.45, 2.75) is 108 Å². The monoisotopic (exact) mass is 669 g/mol. The summed E-state index contributed by atoms with van der Waals surface area (Å²) in [5.41, 5.74) is -1.24. The quantitative estimate of drug-likeness (QED) is 0.0630. The first kappa shape index (κ1) is 39.8. The van der Waals surface area contributed by atoms with Crippen molar-refractivity contribution in [2.24, 2.45) is 5.92 Å². The number of halogens is 1. The molecule has 2 aromatic carbocycles. The molecule has 5 N–H and O–H groups in total. The Morgan fingerprint density at radius 1 is 0.833 bits per heavy atom. The predicted molar refractivity (Wildman–Crippen MR) is 179 cm³/mol. The van der Waals surface area contributed by atoms with Crippen molar-refractivity contribution in [1.29, 1.82) is 0 Å². The van der Waals surface area contributed by atoms with E-state index in [4.69, 9.17) is 0 Å². The molecule has 0 aromatic heterocycles. The molecule has 0 fully saturated rings. The number of carbonyl (C=O) groups is 5. The van der Waals surface area contributed by atoms with Crippen LogP contribution in [0.25, 0.3) is 11.1 Å². The van der Waals surface area contributed by atoms with Gasteiger partial charge in [0.25, 0.3) is 0 Å². The predicted octanol–water partition coefficient (Wildman–Crippen LogP) is 6.34. The van der Waals surface area contributed by atoms with E-state index >= 15 is 0 Å². The van der Waals surface area contributed by atoms with Gasteiger partial charge in [-0.05, 0) is 54.5 Å². The van der Waals surface area contributed by atoms with E-state index in [9.17, 15) is 48.8 Å². The van der Waals surface area contributed by atoms with Crippen LogP contribution in [0.2, 0.25) is 0 Å². The molecular weight excluding hydrogens is 621 g/mol. The van der Waals surface area contributed by atoms with Crippen molar-refractivity contribution >= 4 is 29.6 Å². The fourth-order valence-electron chi connectivity index (χ4n) is 5.43. The Balaban J connectivity index is 2.03. The van der Waals surface area contributed by atoms with E-state index in [1.807, 2.05) is 0 Å². The molecule has 0 radical (unpaired) electrons. The summed E-state index contributed by atoms with van der Waals surface area (Å²) >= 11 is 0. The molecule has 0 saturated heterocycles. The summed E-state index contributed by atoms with van der Waals surface area (Å²) in [4.78, 5) is 61.0. The molecule has 0 spiro atoms. The molecule has 3 atom stereocenters. The number of carboxylic acid groups (broad SMARTS) is 3. The molecule has 0 aliphatic heterocycles. The zero-order valence-corrected chi connectivity index (χ0v) is 27.5. The molecule has 2 aromatic rings. The van der Waals surface area contributed by atoms with Crippen LogP contribution >= 0.6 is 0 Å². The Labute approximate surface area is 281 Å². The van der Waals surface area contributed by atoms with Crippen LogP contribution in [-0.4, -0.2) is 61.7 Å². The van der Waals surface area contributed by atoms with Crippen LogP contribution in [-0.2, 0) is 30.4 Å². The van der Waals surface area contributed by atoms with Crippen LogP contribution in [0.1, 0.15) is 96.0 Å². The van der Waals surface area contributed by atoms with Gasteiger partial charge in [0, 0.05) is 19.3 Å². The number of aliphatic hydroxyl groups is 1. The fourth-order valence-corrected chi connectivity index (χ4v) is 5.43. The SMILES string of the molecule is CCCCCCCC(=O)CCCCCC/C=C/[C@@H](C(=O)N[C@@H](Cc1ccc(-c2cccc(F)c2)cc1)C(=O)O)[C@@](O)(CC(=O)O)C(=O)O. The molecule has 11 heteroatoms. The van der Waals surface area contributed by atoms with Crippen molar-refractivity contribution in [1.82, 2.24) is 5.32 Å². The summed E-state index contributed by atoms with van der Waals surface area (Å²) in [6, 6.07) is 11.0. The number of unbranched alkanes of at least 4 members (excludes halogenated alkanes) is 8. The van der Waals surface area contributed by atoms with Gasteiger partial charge in [0.05, 0.1) is 12.3 Å². The highest BCUT2D eigenvalue weighted by atomic mass is 19.1. The smallest absolute Gasteiger partial charge is 0.337 e.